The van der Waals surface area contributed by atoms with E-state index < -0.39 is 0 Å². The van der Waals surface area contributed by atoms with Crippen LogP contribution in [0.25, 0.3) is 0 Å². The van der Waals surface area contributed by atoms with E-state index in [9.17, 15) is 9.59 Å². The maximum Gasteiger partial charge on any atom is 0.291 e. The van der Waals surface area contributed by atoms with E-state index >= 15 is 0 Å². The Labute approximate surface area is 141 Å². The molecule has 3 N–H and O–H groups in total. The largest absolute Gasteiger partial charge is 0.372 e. The minimum Gasteiger partial charge on any atom is -0.372 e. The van der Waals surface area contributed by atoms with Crippen molar-refractivity contribution in [3.05, 3.63) is 30.0 Å². The van der Waals surface area contributed by atoms with E-state index in [-0.39, 0.29) is 17.6 Å². The highest BCUT2D eigenvalue weighted by Crippen LogP contribution is 2.15. The third-order valence-electron chi connectivity index (χ3n) is 3.65. The van der Waals surface area contributed by atoms with E-state index in [0.29, 0.717) is 23.7 Å². The van der Waals surface area contributed by atoms with Gasteiger partial charge in [-0.05, 0) is 12.5 Å². The van der Waals surface area contributed by atoms with Gasteiger partial charge in [-0.1, -0.05) is 13.3 Å². The maximum absolute atomic E-state index is 12.3. The number of unbranched alkanes of at least 4 members (excludes halogenated alkanes) is 1. The molecule has 0 fully saturated rings. The number of aromatic nitrogens is 3. The number of carbonyl (C=O) groups excluding carboxylic acids is 2. The predicted molar refractivity (Wildman–Crippen MR) is 93.4 cm³/mol. The van der Waals surface area contributed by atoms with Crippen LogP contribution < -0.4 is 16.0 Å². The number of imidazole rings is 1. The minimum absolute atomic E-state index is 0.152. The quantitative estimate of drug-likeness (QED) is 0.671. The lowest BCUT2D eigenvalue weighted by molar-refractivity contribution is 0.0944. The molecule has 0 saturated heterocycles. The molecule has 0 aliphatic rings. The van der Waals surface area contributed by atoms with Gasteiger partial charge in [-0.15, -0.1) is 0 Å². The first-order chi connectivity index (χ1) is 11.5. The number of anilines is 2. The number of nitrogens with one attached hydrogen (secondary N) is 3. The summed E-state index contributed by atoms with van der Waals surface area (Å²) in [6, 6.07) is 1.65. The molecule has 0 aliphatic heterocycles. The molecule has 0 aromatic carbocycles. The topological polar surface area (TPSA) is 93.0 Å². The van der Waals surface area contributed by atoms with Crippen molar-refractivity contribution in [3.63, 3.8) is 0 Å². The van der Waals surface area contributed by atoms with Gasteiger partial charge in [0.1, 0.15) is 11.5 Å². The molecule has 130 valence electrons. The SMILES string of the molecule is CCCCNC(=O)c1cc(NC(=O)c2nc(NC)cn2C)cn1C. The number of nitrogens with zero attached hydrogens (tertiary/aromatic N) is 3. The zero-order valence-electron chi connectivity index (χ0n) is 14.5. The first-order valence-corrected chi connectivity index (χ1v) is 7.93. The Balaban J connectivity index is 2.07. The van der Waals surface area contributed by atoms with Crippen LogP contribution in [0.2, 0.25) is 0 Å². The molecule has 0 unspecified atom stereocenters. The van der Waals surface area contributed by atoms with E-state index in [2.05, 4.69) is 27.9 Å². The van der Waals surface area contributed by atoms with Crippen molar-refractivity contribution in [1.82, 2.24) is 19.4 Å². The van der Waals surface area contributed by atoms with Gasteiger partial charge in [0.05, 0.1) is 5.69 Å². The number of hydrogen-bond acceptors (Lipinski definition) is 4. The normalized spacial score (nSPS) is 10.5. The second-order valence-corrected chi connectivity index (χ2v) is 5.60. The zero-order valence-corrected chi connectivity index (χ0v) is 14.5. The van der Waals surface area contributed by atoms with E-state index in [1.165, 1.54) is 0 Å². The summed E-state index contributed by atoms with van der Waals surface area (Å²) in [5.41, 5.74) is 1.05. The van der Waals surface area contributed by atoms with Crippen LogP contribution in [0, 0.1) is 0 Å². The van der Waals surface area contributed by atoms with E-state index in [1.807, 2.05) is 0 Å². The molecule has 2 heterocycles. The van der Waals surface area contributed by atoms with Gasteiger partial charge in [-0.3, -0.25) is 9.59 Å². The van der Waals surface area contributed by atoms with Crippen LogP contribution in [0.1, 0.15) is 40.9 Å². The number of amides is 2. The van der Waals surface area contributed by atoms with Gasteiger partial charge in [-0.25, -0.2) is 4.98 Å². The Hall–Kier alpha value is -2.77. The van der Waals surface area contributed by atoms with Crippen molar-refractivity contribution >= 4 is 23.3 Å². The van der Waals surface area contributed by atoms with Gasteiger partial charge in [-0.2, -0.15) is 0 Å². The van der Waals surface area contributed by atoms with Crippen molar-refractivity contribution in [2.45, 2.75) is 19.8 Å². The third kappa shape index (κ3) is 3.95. The second kappa shape index (κ2) is 7.67. The molecule has 0 bridgehead atoms. The molecule has 0 atom stereocenters. The second-order valence-electron chi connectivity index (χ2n) is 5.60. The molecular weight excluding hydrogens is 308 g/mol. The summed E-state index contributed by atoms with van der Waals surface area (Å²) < 4.78 is 3.33. The van der Waals surface area contributed by atoms with Gasteiger partial charge in [0.15, 0.2) is 0 Å². The summed E-state index contributed by atoms with van der Waals surface area (Å²) in [4.78, 5) is 28.7. The molecular formula is C16H24N6O2. The van der Waals surface area contributed by atoms with Crippen LogP contribution in [0.5, 0.6) is 0 Å². The fraction of sp³-hybridized carbons (Fsp3) is 0.438. The zero-order chi connectivity index (χ0) is 17.7. The molecule has 2 aromatic heterocycles. The van der Waals surface area contributed by atoms with Crippen LogP contribution in [-0.2, 0) is 14.1 Å². The predicted octanol–water partition coefficient (Wildman–Crippen LogP) is 1.58. The Morgan fingerprint density at radius 2 is 1.92 bits per heavy atom. The van der Waals surface area contributed by atoms with Crippen molar-refractivity contribution in [2.24, 2.45) is 14.1 Å². The summed E-state index contributed by atoms with van der Waals surface area (Å²) in [5, 5.41) is 8.52. The summed E-state index contributed by atoms with van der Waals surface area (Å²) in [7, 11) is 5.26. The van der Waals surface area contributed by atoms with E-state index in [0.717, 1.165) is 12.8 Å². The average Bonchev–Trinajstić information content (AvgIpc) is 3.10. The lowest BCUT2D eigenvalue weighted by Gasteiger charge is -2.04. The average molecular weight is 332 g/mol. The molecule has 0 aliphatic carbocycles. The van der Waals surface area contributed by atoms with Crippen LogP contribution in [0.4, 0.5) is 11.5 Å². The number of hydrogen-bond donors (Lipinski definition) is 3. The smallest absolute Gasteiger partial charge is 0.291 e. The molecule has 2 aromatic rings. The summed E-state index contributed by atoms with van der Waals surface area (Å²) in [5.74, 6) is 0.423. The molecule has 8 nitrogen and oxygen atoms in total. The van der Waals surface area contributed by atoms with Gasteiger partial charge >= 0.3 is 0 Å². The van der Waals surface area contributed by atoms with Crippen molar-refractivity contribution < 1.29 is 9.59 Å². The molecule has 0 saturated carbocycles. The molecule has 24 heavy (non-hydrogen) atoms. The van der Waals surface area contributed by atoms with Crippen molar-refractivity contribution in [1.29, 1.82) is 0 Å². The fourth-order valence-corrected chi connectivity index (χ4v) is 2.31. The van der Waals surface area contributed by atoms with Gasteiger partial charge < -0.3 is 25.1 Å². The number of carbonyl (C=O) groups is 2. The van der Waals surface area contributed by atoms with Crippen molar-refractivity contribution in [3.8, 4) is 0 Å². The number of rotatable bonds is 7. The molecule has 0 radical (unpaired) electrons. The van der Waals surface area contributed by atoms with E-state index in [4.69, 9.17) is 0 Å². The molecule has 2 amide bonds. The molecule has 2 rings (SSSR count). The van der Waals surface area contributed by atoms with Gasteiger partial charge in [0.2, 0.25) is 5.82 Å². The van der Waals surface area contributed by atoms with E-state index in [1.54, 1.807) is 48.7 Å². The molecule has 8 heteroatoms. The van der Waals surface area contributed by atoms with Crippen LogP contribution in [0.15, 0.2) is 18.5 Å². The maximum atomic E-state index is 12.3. The van der Waals surface area contributed by atoms with Crippen LogP contribution >= 0.6 is 0 Å². The lowest BCUT2D eigenvalue weighted by atomic mass is 10.3. The Kier molecular flexibility index (Phi) is 5.62. The Morgan fingerprint density at radius 3 is 2.54 bits per heavy atom. The lowest BCUT2D eigenvalue weighted by Crippen LogP contribution is -2.26. The Bertz CT molecular complexity index is 731. The summed E-state index contributed by atoms with van der Waals surface area (Å²) in [6.07, 6.45) is 5.39. The highest BCUT2D eigenvalue weighted by atomic mass is 16.2. The monoisotopic (exact) mass is 332 g/mol. The standard InChI is InChI=1S/C16H24N6O2/c1-5-6-7-18-15(23)12-8-11(9-21(12)3)19-16(24)14-20-13(17-2)10-22(14)4/h8-10,17H,5-7H2,1-4H3,(H,18,23)(H,19,24). The fourth-order valence-electron chi connectivity index (χ4n) is 2.31. The summed E-state index contributed by atoms with van der Waals surface area (Å²) >= 11 is 0. The van der Waals surface area contributed by atoms with Crippen LogP contribution in [-0.4, -0.2) is 39.5 Å². The highest BCUT2D eigenvalue weighted by molar-refractivity contribution is 6.03. The first kappa shape index (κ1) is 17.6. The van der Waals surface area contributed by atoms with Crippen molar-refractivity contribution in [2.75, 3.05) is 24.2 Å². The Morgan fingerprint density at radius 1 is 1.17 bits per heavy atom. The van der Waals surface area contributed by atoms with Crippen LogP contribution in [0.3, 0.4) is 0 Å². The third-order valence-corrected chi connectivity index (χ3v) is 3.65. The first-order valence-electron chi connectivity index (χ1n) is 7.93. The number of aryl methyl sites for hydroxylation is 2. The van der Waals surface area contributed by atoms with Gasteiger partial charge in [0.25, 0.3) is 11.8 Å². The highest BCUT2D eigenvalue weighted by Gasteiger charge is 2.17. The van der Waals surface area contributed by atoms with Gasteiger partial charge in [0, 0.05) is 40.1 Å². The summed E-state index contributed by atoms with van der Waals surface area (Å²) in [6.45, 7) is 2.71. The molecule has 0 spiro atoms. The minimum atomic E-state index is -0.331.